The molecule has 1 rings (SSSR count). The summed E-state index contributed by atoms with van der Waals surface area (Å²) in [6.07, 6.45) is 0. The molecule has 0 atom stereocenters. The van der Waals surface area contributed by atoms with Crippen LogP contribution in [0, 0.1) is 12.8 Å². The monoisotopic (exact) mass is 268 g/mol. The number of hydrogen-bond donors (Lipinski definition) is 2. The Kier molecular flexibility index (Phi) is 5.16. The predicted octanol–water partition coefficient (Wildman–Crippen LogP) is 2.36. The van der Waals surface area contributed by atoms with Gasteiger partial charge in [0.15, 0.2) is 0 Å². The van der Waals surface area contributed by atoms with E-state index in [1.165, 1.54) is 0 Å². The van der Waals surface area contributed by atoms with E-state index in [1.807, 2.05) is 6.92 Å². The van der Waals surface area contributed by atoms with Crippen molar-refractivity contribution < 1.29 is 9.59 Å². The molecule has 0 aromatic heterocycles. The highest BCUT2D eigenvalue weighted by Crippen LogP contribution is 2.19. The molecule has 98 valence electrons. The molecule has 0 aliphatic heterocycles. The fourth-order valence-electron chi connectivity index (χ4n) is 1.33. The number of amides is 2. The second-order valence-corrected chi connectivity index (χ2v) is 4.82. The lowest BCUT2D eigenvalue weighted by molar-refractivity contribution is -0.126. The zero-order chi connectivity index (χ0) is 13.7. The van der Waals surface area contributed by atoms with E-state index in [2.05, 4.69) is 10.6 Å². The molecule has 0 saturated heterocycles. The van der Waals surface area contributed by atoms with Gasteiger partial charge in [-0.3, -0.25) is 9.59 Å². The molecule has 2 N–H and O–H groups in total. The van der Waals surface area contributed by atoms with Crippen LogP contribution in [0.1, 0.15) is 19.4 Å². The quantitative estimate of drug-likeness (QED) is 0.881. The lowest BCUT2D eigenvalue weighted by Gasteiger charge is -2.10. The van der Waals surface area contributed by atoms with Crippen molar-refractivity contribution in [2.24, 2.45) is 5.92 Å². The number of benzene rings is 1. The Hall–Kier alpha value is -1.55. The molecule has 5 heteroatoms. The molecular weight excluding hydrogens is 252 g/mol. The first-order valence-corrected chi connectivity index (χ1v) is 6.11. The average molecular weight is 269 g/mol. The lowest BCUT2D eigenvalue weighted by Crippen LogP contribution is -2.35. The number of carbonyl (C=O) groups excluding carboxylic acids is 2. The van der Waals surface area contributed by atoms with Crippen LogP contribution < -0.4 is 10.6 Å². The van der Waals surface area contributed by atoms with Crippen LogP contribution in [-0.2, 0) is 9.59 Å². The zero-order valence-corrected chi connectivity index (χ0v) is 11.5. The summed E-state index contributed by atoms with van der Waals surface area (Å²) in [5, 5.41) is 5.90. The van der Waals surface area contributed by atoms with E-state index < -0.39 is 0 Å². The van der Waals surface area contributed by atoms with Crippen LogP contribution in [0.4, 0.5) is 5.69 Å². The van der Waals surface area contributed by atoms with E-state index in [1.54, 1.807) is 32.0 Å². The number of rotatable bonds is 4. The Balaban J connectivity index is 2.52. The molecule has 0 aliphatic carbocycles. The Morgan fingerprint density at radius 2 is 2.00 bits per heavy atom. The molecule has 0 unspecified atom stereocenters. The molecule has 18 heavy (non-hydrogen) atoms. The van der Waals surface area contributed by atoms with Crippen LogP contribution in [0.5, 0.6) is 0 Å². The highest BCUT2D eigenvalue weighted by atomic mass is 35.5. The van der Waals surface area contributed by atoms with Crippen LogP contribution in [0.25, 0.3) is 0 Å². The van der Waals surface area contributed by atoms with E-state index in [9.17, 15) is 9.59 Å². The fraction of sp³-hybridized carbons (Fsp3) is 0.385. The number of anilines is 1. The maximum absolute atomic E-state index is 11.6. The molecule has 0 heterocycles. The third kappa shape index (κ3) is 4.37. The molecule has 1 aromatic rings. The van der Waals surface area contributed by atoms with Gasteiger partial charge in [0.1, 0.15) is 0 Å². The van der Waals surface area contributed by atoms with Crippen LogP contribution in [0.3, 0.4) is 0 Å². The number of halogens is 1. The van der Waals surface area contributed by atoms with Gasteiger partial charge in [0.2, 0.25) is 11.8 Å². The van der Waals surface area contributed by atoms with E-state index in [4.69, 9.17) is 11.6 Å². The first-order chi connectivity index (χ1) is 8.40. The highest BCUT2D eigenvalue weighted by Gasteiger charge is 2.09. The molecule has 0 fully saturated rings. The summed E-state index contributed by atoms with van der Waals surface area (Å²) in [7, 11) is 0. The Morgan fingerprint density at radius 3 is 2.56 bits per heavy atom. The Bertz CT molecular complexity index is 458. The maximum atomic E-state index is 11.6. The van der Waals surface area contributed by atoms with Crippen molar-refractivity contribution in [1.29, 1.82) is 0 Å². The van der Waals surface area contributed by atoms with Gasteiger partial charge in [0.05, 0.1) is 6.54 Å². The smallest absolute Gasteiger partial charge is 0.243 e. The normalized spacial score (nSPS) is 10.3. The van der Waals surface area contributed by atoms with Crippen LogP contribution >= 0.6 is 11.6 Å². The largest absolute Gasteiger partial charge is 0.347 e. The second kappa shape index (κ2) is 6.40. The zero-order valence-electron chi connectivity index (χ0n) is 10.7. The summed E-state index contributed by atoms with van der Waals surface area (Å²) in [5.41, 5.74) is 1.58. The second-order valence-electron chi connectivity index (χ2n) is 4.38. The summed E-state index contributed by atoms with van der Waals surface area (Å²) >= 11 is 5.82. The van der Waals surface area contributed by atoms with Gasteiger partial charge in [0.25, 0.3) is 0 Å². The SMILES string of the molecule is Cc1cc(Cl)ccc1NC(=O)CNC(=O)C(C)C. The fourth-order valence-corrected chi connectivity index (χ4v) is 1.56. The summed E-state index contributed by atoms with van der Waals surface area (Å²) in [4.78, 5) is 22.9. The maximum Gasteiger partial charge on any atom is 0.243 e. The number of hydrogen-bond acceptors (Lipinski definition) is 2. The number of carbonyl (C=O) groups is 2. The van der Waals surface area contributed by atoms with Crippen molar-refractivity contribution in [2.45, 2.75) is 20.8 Å². The molecule has 2 amide bonds. The van der Waals surface area contributed by atoms with Crippen molar-refractivity contribution in [2.75, 3.05) is 11.9 Å². The van der Waals surface area contributed by atoms with Crippen molar-refractivity contribution in [3.05, 3.63) is 28.8 Å². The van der Waals surface area contributed by atoms with Crippen molar-refractivity contribution in [3.63, 3.8) is 0 Å². The van der Waals surface area contributed by atoms with E-state index in [0.29, 0.717) is 10.7 Å². The highest BCUT2D eigenvalue weighted by molar-refractivity contribution is 6.30. The predicted molar refractivity (Wildman–Crippen MR) is 72.7 cm³/mol. The van der Waals surface area contributed by atoms with Crippen LogP contribution in [0.15, 0.2) is 18.2 Å². The van der Waals surface area contributed by atoms with Gasteiger partial charge in [0, 0.05) is 16.6 Å². The van der Waals surface area contributed by atoms with Gasteiger partial charge in [-0.25, -0.2) is 0 Å². The first kappa shape index (κ1) is 14.5. The summed E-state index contributed by atoms with van der Waals surface area (Å²) in [6, 6.07) is 5.21. The van der Waals surface area contributed by atoms with Gasteiger partial charge in [-0.15, -0.1) is 0 Å². The number of aryl methyl sites for hydroxylation is 1. The standard InChI is InChI=1S/C13H17ClN2O2/c1-8(2)13(18)15-7-12(17)16-11-5-4-10(14)6-9(11)3/h4-6,8H,7H2,1-3H3,(H,15,18)(H,16,17). The van der Waals surface area contributed by atoms with Crippen LogP contribution in [-0.4, -0.2) is 18.4 Å². The third-order valence-corrected chi connectivity index (χ3v) is 2.65. The van der Waals surface area contributed by atoms with Gasteiger partial charge in [-0.05, 0) is 30.7 Å². The minimum absolute atomic E-state index is 0.0287. The van der Waals surface area contributed by atoms with Gasteiger partial charge >= 0.3 is 0 Å². The Morgan fingerprint density at radius 1 is 1.33 bits per heavy atom. The van der Waals surface area contributed by atoms with E-state index >= 15 is 0 Å². The molecule has 1 aromatic carbocycles. The van der Waals surface area contributed by atoms with Gasteiger partial charge < -0.3 is 10.6 Å². The minimum Gasteiger partial charge on any atom is -0.347 e. The summed E-state index contributed by atoms with van der Waals surface area (Å²) in [5.74, 6) is -0.525. The molecule has 0 bridgehead atoms. The summed E-state index contributed by atoms with van der Waals surface area (Å²) < 4.78 is 0. The van der Waals surface area contributed by atoms with Crippen molar-refractivity contribution in [1.82, 2.24) is 5.32 Å². The third-order valence-electron chi connectivity index (χ3n) is 2.41. The number of nitrogens with one attached hydrogen (secondary N) is 2. The van der Waals surface area contributed by atoms with Gasteiger partial charge in [-0.1, -0.05) is 25.4 Å². The molecule has 0 spiro atoms. The van der Waals surface area contributed by atoms with E-state index in [0.717, 1.165) is 5.56 Å². The van der Waals surface area contributed by atoms with E-state index in [-0.39, 0.29) is 24.3 Å². The summed E-state index contributed by atoms with van der Waals surface area (Å²) in [6.45, 7) is 5.38. The van der Waals surface area contributed by atoms with Crippen LogP contribution in [0.2, 0.25) is 5.02 Å². The molecular formula is C13H17ClN2O2. The minimum atomic E-state index is -0.255. The molecule has 0 aliphatic rings. The molecule has 0 radical (unpaired) electrons. The molecule has 0 saturated carbocycles. The Labute approximate surface area is 112 Å². The van der Waals surface area contributed by atoms with Crippen molar-refractivity contribution in [3.8, 4) is 0 Å². The van der Waals surface area contributed by atoms with Crippen molar-refractivity contribution >= 4 is 29.1 Å². The molecule has 4 nitrogen and oxygen atoms in total. The topological polar surface area (TPSA) is 58.2 Å². The van der Waals surface area contributed by atoms with Gasteiger partial charge in [-0.2, -0.15) is 0 Å². The average Bonchev–Trinajstić information content (AvgIpc) is 2.29. The first-order valence-electron chi connectivity index (χ1n) is 5.74. The lowest BCUT2D eigenvalue weighted by atomic mass is 10.2.